The highest BCUT2D eigenvalue weighted by molar-refractivity contribution is 9.10. The Morgan fingerprint density at radius 2 is 0.936 bits per heavy atom. The molecule has 0 aromatic carbocycles. The number of alkyl halides is 4. The SMILES string of the molecule is CC(C)(O)c1cc2nc(C3CCOCC3)cn2cc1NC(=O)c1cccc(C(F)F)n1.COC(=O)c1cc(N)ncc1Br.COC(=O)c1cc2nc(C3CCOCC3)cn2cc1Br.COC(=O)c1cc2nc(C3CCOCC3)cn2cc1NC(=O)c1cccc(C(F)F)n1. The number of fused-ring (bicyclic) bond motifs is 3. The fourth-order valence-corrected chi connectivity index (χ4v) is 11.3. The number of methoxy groups -OCH3 is 3. The summed E-state index contributed by atoms with van der Waals surface area (Å²) in [5.74, 6) is -1.57. The molecule has 0 atom stereocenters. The quantitative estimate of drug-likeness (QED) is 0.0473. The standard InChI is InChI=1S/C22H24F2N4O3.C21H20F2N4O4.C14H15BrN2O3.C7H7BrN2O2/c1-22(2,30)14-10-19-26-17(13-6-8-31-9-7-13)11-28(19)12-18(14)27-21(29)16-5-3-4-15(25-16)20(23)24;1-30-21(29)13-9-18-25-16(12-5-7-31-8-6-12)10-27(18)11-17(13)26-20(28)15-4-2-3-14(24-15)19(22)23;1-19-14(18)10-6-13-16-12(8-17(13)7-11(10)15)9-2-4-20-5-3-9;1-12-7(11)4-2-6(9)10-3-5(4)8/h3-5,10-13,20,30H,6-9H2,1-2H3,(H,27,29);2-4,9-12,19H,5-8H2,1H3,(H,26,28);6-9H,2-5H2,1H3;2-3H,1H3,(H2,9,10). The van der Waals surface area contributed by atoms with E-state index in [9.17, 15) is 46.6 Å². The van der Waals surface area contributed by atoms with Gasteiger partial charge in [-0.15, -0.1) is 0 Å². The number of hydrogen-bond donors (Lipinski definition) is 4. The summed E-state index contributed by atoms with van der Waals surface area (Å²) in [6.07, 6.45) is 12.2. The number of pyridine rings is 6. The number of nitrogen functional groups attached to an aromatic ring is 1. The minimum absolute atomic E-state index is 0.0949. The van der Waals surface area contributed by atoms with Gasteiger partial charge in [0.05, 0.1) is 76.6 Å². The molecule has 5 N–H and O–H groups in total. The molecule has 0 saturated carbocycles. The summed E-state index contributed by atoms with van der Waals surface area (Å²) in [4.78, 5) is 85.5. The number of rotatable bonds is 13. The summed E-state index contributed by atoms with van der Waals surface area (Å²) in [5, 5.41) is 15.9. The van der Waals surface area contributed by atoms with Crippen LogP contribution in [0.4, 0.5) is 34.8 Å². The molecule has 12 rings (SSSR count). The lowest BCUT2D eigenvalue weighted by Gasteiger charge is -2.22. The Labute approximate surface area is 552 Å². The number of amides is 2. The van der Waals surface area contributed by atoms with Crippen LogP contribution in [0.15, 0.2) is 113 Å². The van der Waals surface area contributed by atoms with Gasteiger partial charge in [0.1, 0.15) is 45.5 Å². The summed E-state index contributed by atoms with van der Waals surface area (Å²) >= 11 is 6.55. The minimum atomic E-state index is -2.80. The number of halogens is 6. The van der Waals surface area contributed by atoms with Crippen molar-refractivity contribution < 1.29 is 75.1 Å². The second kappa shape index (κ2) is 31.4. The lowest BCUT2D eigenvalue weighted by molar-refractivity contribution is 0.0591. The van der Waals surface area contributed by atoms with E-state index in [1.54, 1.807) is 47.2 Å². The Kier molecular flexibility index (Phi) is 23.2. The molecular weight excluding hydrogens is 1360 g/mol. The van der Waals surface area contributed by atoms with Gasteiger partial charge in [-0.3, -0.25) is 9.59 Å². The van der Waals surface area contributed by atoms with Crippen LogP contribution in [0.3, 0.4) is 0 Å². The van der Waals surface area contributed by atoms with Crippen LogP contribution in [-0.2, 0) is 34.0 Å². The second-order valence-electron chi connectivity index (χ2n) is 22.2. The molecule has 496 valence electrons. The maximum Gasteiger partial charge on any atom is 0.340 e. The molecular formula is C64H66Br2F4N12O12. The first kappa shape index (κ1) is 69.5. The Balaban J connectivity index is 0.000000155. The highest BCUT2D eigenvalue weighted by Gasteiger charge is 2.28. The van der Waals surface area contributed by atoms with Gasteiger partial charge in [-0.25, -0.2) is 61.8 Å². The van der Waals surface area contributed by atoms with Crippen LogP contribution in [0.5, 0.6) is 0 Å². The molecule has 0 bridgehead atoms. The number of ether oxygens (including phenoxy) is 6. The zero-order chi connectivity index (χ0) is 67.4. The zero-order valence-electron chi connectivity index (χ0n) is 51.5. The Morgan fingerprint density at radius 3 is 1.36 bits per heavy atom. The van der Waals surface area contributed by atoms with Crippen molar-refractivity contribution in [3.05, 3.63) is 175 Å². The van der Waals surface area contributed by atoms with Crippen molar-refractivity contribution in [1.82, 2.24) is 43.1 Å². The van der Waals surface area contributed by atoms with Crippen LogP contribution in [0, 0.1) is 0 Å². The summed E-state index contributed by atoms with van der Waals surface area (Å²) in [6, 6.07) is 14.1. The van der Waals surface area contributed by atoms with E-state index in [1.165, 1.54) is 70.0 Å². The number of nitrogens with two attached hydrogens (primary N) is 1. The third kappa shape index (κ3) is 17.3. The number of nitrogens with one attached hydrogen (secondary N) is 2. The van der Waals surface area contributed by atoms with Gasteiger partial charge < -0.3 is 63.1 Å². The highest BCUT2D eigenvalue weighted by Crippen LogP contribution is 2.34. The molecule has 9 aromatic rings. The van der Waals surface area contributed by atoms with Gasteiger partial charge in [0.15, 0.2) is 0 Å². The van der Waals surface area contributed by atoms with Crippen molar-refractivity contribution in [3.8, 4) is 0 Å². The van der Waals surface area contributed by atoms with Crippen LogP contribution < -0.4 is 16.4 Å². The maximum atomic E-state index is 12.9. The van der Waals surface area contributed by atoms with Gasteiger partial charge in [0, 0.05) is 111 Å². The summed E-state index contributed by atoms with van der Waals surface area (Å²) < 4.78 is 88.7. The molecule has 3 fully saturated rings. The van der Waals surface area contributed by atoms with Gasteiger partial charge in [-0.05, 0) is 133 Å². The number of carbonyl (C=O) groups excluding carboxylic acids is 5. The fourth-order valence-electron chi connectivity index (χ4n) is 10.4. The number of aliphatic hydroxyl groups is 1. The van der Waals surface area contributed by atoms with Gasteiger partial charge >= 0.3 is 17.9 Å². The largest absolute Gasteiger partial charge is 0.465 e. The van der Waals surface area contributed by atoms with E-state index in [4.69, 9.17) is 34.4 Å². The predicted octanol–water partition coefficient (Wildman–Crippen LogP) is 11.6. The Morgan fingerprint density at radius 1 is 0.553 bits per heavy atom. The third-order valence-electron chi connectivity index (χ3n) is 15.4. The molecule has 12 heterocycles. The maximum absolute atomic E-state index is 12.9. The first-order valence-electron chi connectivity index (χ1n) is 29.5. The molecule has 9 aromatic heterocycles. The molecule has 2 amide bonds. The number of aromatic nitrogens is 9. The topological polar surface area (TPSA) is 302 Å². The Bertz CT molecular complexity index is 4200. The number of hydrogen-bond acceptors (Lipinski definition) is 19. The number of imidazole rings is 3. The van der Waals surface area contributed by atoms with E-state index in [0.29, 0.717) is 86.7 Å². The average Bonchev–Trinajstić information content (AvgIpc) is 1.62. The van der Waals surface area contributed by atoms with Crippen molar-refractivity contribution in [2.45, 2.75) is 88.6 Å². The van der Waals surface area contributed by atoms with Crippen LogP contribution in [-0.4, -0.2) is 139 Å². The summed E-state index contributed by atoms with van der Waals surface area (Å²) in [5.41, 5.74) is 9.53. The number of nitrogens with zero attached hydrogens (tertiary/aromatic N) is 9. The van der Waals surface area contributed by atoms with E-state index in [1.807, 2.05) is 29.2 Å². The highest BCUT2D eigenvalue weighted by atomic mass is 79.9. The smallest absolute Gasteiger partial charge is 0.340 e. The lowest BCUT2D eigenvalue weighted by atomic mass is 9.97. The number of carbonyl (C=O) groups is 5. The molecule has 0 radical (unpaired) electrons. The predicted molar refractivity (Wildman–Crippen MR) is 342 cm³/mol. The van der Waals surface area contributed by atoms with Gasteiger partial charge in [0.25, 0.3) is 24.7 Å². The lowest BCUT2D eigenvalue weighted by Crippen LogP contribution is -2.22. The summed E-state index contributed by atoms with van der Waals surface area (Å²) in [6.45, 7) is 7.50. The summed E-state index contributed by atoms with van der Waals surface area (Å²) in [7, 11) is 3.91. The van der Waals surface area contributed by atoms with Gasteiger partial charge in [-0.1, -0.05) is 12.1 Å². The van der Waals surface area contributed by atoms with Crippen LogP contribution in [0.2, 0.25) is 0 Å². The minimum Gasteiger partial charge on any atom is -0.465 e. The molecule has 24 nitrogen and oxygen atoms in total. The molecule has 0 unspecified atom stereocenters. The van der Waals surface area contributed by atoms with E-state index in [2.05, 4.69) is 72.2 Å². The average molecular weight is 1430 g/mol. The van der Waals surface area contributed by atoms with Crippen molar-refractivity contribution >= 4 is 95.7 Å². The third-order valence-corrected chi connectivity index (χ3v) is 16.7. The van der Waals surface area contributed by atoms with Crippen molar-refractivity contribution in [2.24, 2.45) is 0 Å². The normalized spacial score (nSPS) is 14.7. The van der Waals surface area contributed by atoms with E-state index in [0.717, 1.165) is 80.5 Å². The monoisotopic (exact) mass is 1430 g/mol. The van der Waals surface area contributed by atoms with Crippen molar-refractivity contribution in [2.75, 3.05) is 77.3 Å². The van der Waals surface area contributed by atoms with Gasteiger partial charge in [-0.2, -0.15) is 0 Å². The van der Waals surface area contributed by atoms with Crippen molar-refractivity contribution in [3.63, 3.8) is 0 Å². The van der Waals surface area contributed by atoms with Crippen molar-refractivity contribution in [1.29, 1.82) is 0 Å². The molecule has 30 heteroatoms. The molecule has 3 saturated heterocycles. The molecule has 0 spiro atoms. The van der Waals surface area contributed by atoms with Gasteiger partial charge in [0.2, 0.25) is 0 Å². The molecule has 3 aliphatic rings. The van der Waals surface area contributed by atoms with Crippen LogP contribution in [0.1, 0.15) is 169 Å². The van der Waals surface area contributed by atoms with E-state index >= 15 is 0 Å². The molecule has 0 aliphatic carbocycles. The van der Waals surface area contributed by atoms with Crippen LogP contribution >= 0.6 is 31.9 Å². The van der Waals surface area contributed by atoms with E-state index in [-0.39, 0.29) is 34.5 Å². The molecule has 3 aliphatic heterocycles. The zero-order valence-corrected chi connectivity index (χ0v) is 54.7. The van der Waals surface area contributed by atoms with E-state index < -0.39 is 53.6 Å². The Hall–Kier alpha value is -8.81. The molecule has 94 heavy (non-hydrogen) atoms. The fraction of sp³-hybridized carbons (Fsp3) is 0.359. The first-order valence-corrected chi connectivity index (χ1v) is 31.1. The second-order valence-corrected chi connectivity index (χ2v) is 23.9. The number of anilines is 3. The number of esters is 3. The first-order chi connectivity index (χ1) is 45.0. The van der Waals surface area contributed by atoms with Crippen LogP contribution in [0.25, 0.3) is 16.9 Å².